The number of aryl methyl sites for hydroxylation is 2. The summed E-state index contributed by atoms with van der Waals surface area (Å²) < 4.78 is 2.39. The number of benzene rings is 1. The smallest absolute Gasteiger partial charge is 0.181 e. The van der Waals surface area contributed by atoms with Gasteiger partial charge in [0.2, 0.25) is 0 Å². The molecule has 0 amide bonds. The first kappa shape index (κ1) is 22.7. The van der Waals surface area contributed by atoms with Crippen molar-refractivity contribution in [3.8, 4) is 0 Å². The molecule has 0 aliphatic heterocycles. The van der Waals surface area contributed by atoms with Gasteiger partial charge < -0.3 is 0 Å². The van der Waals surface area contributed by atoms with Crippen molar-refractivity contribution in [3.63, 3.8) is 0 Å². The average Bonchev–Trinajstić information content (AvgIpc) is 2.72. The maximum Gasteiger partial charge on any atom is 0.181 e. The Bertz CT molecular complexity index is 629. The molecule has 1 aromatic carbocycles. The molecule has 0 spiro atoms. The lowest BCUT2D eigenvalue weighted by atomic mass is 10.0. The van der Waals surface area contributed by atoms with Gasteiger partial charge in [-0.15, -0.1) is 0 Å². The van der Waals surface area contributed by atoms with Crippen molar-refractivity contribution in [3.05, 3.63) is 65.5 Å². The van der Waals surface area contributed by atoms with Crippen LogP contribution in [0.15, 0.2) is 48.7 Å². The Labute approximate surface area is 174 Å². The maximum atomic E-state index is 2.39. The van der Waals surface area contributed by atoms with E-state index in [4.69, 9.17) is 0 Å². The van der Waals surface area contributed by atoms with Gasteiger partial charge in [0.05, 0.1) is 0 Å². The minimum Gasteiger partial charge on any atom is -0.198 e. The van der Waals surface area contributed by atoms with Crippen molar-refractivity contribution in [2.24, 2.45) is 0 Å². The minimum absolute atomic E-state index is 0.981. The van der Waals surface area contributed by atoms with Crippen LogP contribution in [0.4, 0.5) is 0 Å². The zero-order chi connectivity index (χ0) is 19.9. The van der Waals surface area contributed by atoms with Gasteiger partial charge in [0.15, 0.2) is 18.4 Å². The van der Waals surface area contributed by atoms with Crippen LogP contribution in [0.1, 0.15) is 101 Å². The largest absolute Gasteiger partial charge is 0.198 e. The van der Waals surface area contributed by atoms with Crippen LogP contribution in [-0.2, 0) is 19.4 Å². The summed E-state index contributed by atoms with van der Waals surface area (Å²) in [5.41, 5.74) is 4.33. The first-order valence-corrected chi connectivity index (χ1v) is 11.9. The van der Waals surface area contributed by atoms with E-state index in [-0.39, 0.29) is 0 Å². The highest BCUT2D eigenvalue weighted by atomic mass is 14.9. The number of unbranched alkanes of at least 4 members (excludes halogenated alkanes) is 9. The Morgan fingerprint density at radius 2 is 1.18 bits per heavy atom. The maximum absolute atomic E-state index is 2.39. The van der Waals surface area contributed by atoms with Crippen molar-refractivity contribution in [2.45, 2.75) is 104 Å². The molecular weight excluding hydrogens is 338 g/mol. The third-order valence-corrected chi connectivity index (χ3v) is 5.74. The van der Waals surface area contributed by atoms with E-state index in [9.17, 15) is 0 Å². The molecular formula is C27H42N+. The minimum atomic E-state index is 0.981. The molecule has 0 bridgehead atoms. The molecule has 2 rings (SSSR count). The van der Waals surface area contributed by atoms with Gasteiger partial charge in [-0.25, -0.2) is 0 Å². The van der Waals surface area contributed by atoms with Crippen molar-refractivity contribution in [1.82, 2.24) is 0 Å². The molecule has 0 saturated heterocycles. The number of pyridine rings is 1. The normalized spacial score (nSPS) is 11.1. The zero-order valence-electron chi connectivity index (χ0n) is 18.5. The quantitative estimate of drug-likeness (QED) is 0.223. The average molecular weight is 381 g/mol. The molecule has 1 heteroatoms. The summed E-state index contributed by atoms with van der Waals surface area (Å²) in [6.07, 6.45) is 19.9. The Kier molecular flexibility index (Phi) is 11.6. The van der Waals surface area contributed by atoms with Crippen LogP contribution in [0.3, 0.4) is 0 Å². The fourth-order valence-electron chi connectivity index (χ4n) is 3.97. The van der Waals surface area contributed by atoms with Gasteiger partial charge in [0.25, 0.3) is 0 Å². The summed E-state index contributed by atoms with van der Waals surface area (Å²) >= 11 is 0. The molecule has 1 aromatic heterocycles. The summed E-state index contributed by atoms with van der Waals surface area (Å²) in [5, 5.41) is 0. The molecule has 28 heavy (non-hydrogen) atoms. The van der Waals surface area contributed by atoms with Gasteiger partial charge >= 0.3 is 0 Å². The number of rotatable bonds is 15. The molecule has 2 aromatic rings. The fraction of sp³-hybridized carbons (Fsp3) is 0.593. The van der Waals surface area contributed by atoms with E-state index in [1.807, 2.05) is 0 Å². The van der Waals surface area contributed by atoms with Crippen molar-refractivity contribution < 1.29 is 4.57 Å². The lowest BCUT2D eigenvalue weighted by Crippen LogP contribution is -2.38. The Hall–Kier alpha value is -1.63. The van der Waals surface area contributed by atoms with Crippen LogP contribution in [-0.4, -0.2) is 0 Å². The fourth-order valence-corrected chi connectivity index (χ4v) is 3.97. The van der Waals surface area contributed by atoms with Gasteiger partial charge in [-0.05, 0) is 24.8 Å². The predicted octanol–water partition coefficient (Wildman–Crippen LogP) is 7.44. The Morgan fingerprint density at radius 1 is 0.571 bits per heavy atom. The predicted molar refractivity (Wildman–Crippen MR) is 122 cm³/mol. The first-order chi connectivity index (χ1) is 13.8. The zero-order valence-corrected chi connectivity index (χ0v) is 18.5. The van der Waals surface area contributed by atoms with Gasteiger partial charge in [-0.3, -0.25) is 0 Å². The Morgan fingerprint density at radius 3 is 1.82 bits per heavy atom. The van der Waals surface area contributed by atoms with E-state index < -0.39 is 0 Å². The van der Waals surface area contributed by atoms with Crippen LogP contribution in [0.5, 0.6) is 0 Å². The molecule has 0 N–H and O–H groups in total. The lowest BCUT2D eigenvalue weighted by Gasteiger charge is -2.06. The van der Waals surface area contributed by atoms with Gasteiger partial charge in [0, 0.05) is 24.1 Å². The Balaban J connectivity index is 1.63. The molecule has 154 valence electrons. The summed E-state index contributed by atoms with van der Waals surface area (Å²) in [6.45, 7) is 5.52. The molecule has 1 heterocycles. The van der Waals surface area contributed by atoms with Crippen LogP contribution in [0.25, 0.3) is 0 Å². The van der Waals surface area contributed by atoms with Crippen LogP contribution < -0.4 is 4.57 Å². The summed E-state index contributed by atoms with van der Waals surface area (Å²) in [6, 6.07) is 15.9. The highest BCUT2D eigenvalue weighted by Crippen LogP contribution is 2.13. The second kappa shape index (κ2) is 14.4. The highest BCUT2D eigenvalue weighted by Gasteiger charge is 2.09. The molecule has 1 nitrogen and oxygen atoms in total. The topological polar surface area (TPSA) is 3.88 Å². The monoisotopic (exact) mass is 380 g/mol. The number of hydrogen-bond donors (Lipinski definition) is 0. The molecule has 0 saturated carbocycles. The standard InChI is InChI=1S/C27H42N/c1-3-5-6-7-8-9-10-11-12-13-17-25-19-21-26(22-20-25)24-28-23-15-14-18-27(28)16-4-2/h14-15,18-23H,3-13,16-17,24H2,1-2H3/q+1. The van der Waals surface area contributed by atoms with Crippen molar-refractivity contribution >= 4 is 0 Å². The van der Waals surface area contributed by atoms with E-state index in [1.54, 1.807) is 0 Å². The summed E-state index contributed by atoms with van der Waals surface area (Å²) in [5.74, 6) is 0. The second-order valence-electron chi connectivity index (χ2n) is 8.32. The lowest BCUT2D eigenvalue weighted by molar-refractivity contribution is -0.695. The second-order valence-corrected chi connectivity index (χ2v) is 8.32. The van der Waals surface area contributed by atoms with Crippen molar-refractivity contribution in [1.29, 1.82) is 0 Å². The number of nitrogens with zero attached hydrogens (tertiary/aromatic N) is 1. The number of hydrogen-bond acceptors (Lipinski definition) is 0. The molecule has 0 fully saturated rings. The summed E-state index contributed by atoms with van der Waals surface area (Å²) in [7, 11) is 0. The van der Waals surface area contributed by atoms with E-state index in [0.717, 1.165) is 13.0 Å². The number of aromatic nitrogens is 1. The van der Waals surface area contributed by atoms with Gasteiger partial charge in [0.1, 0.15) is 0 Å². The molecule has 0 aliphatic carbocycles. The molecule has 0 atom stereocenters. The highest BCUT2D eigenvalue weighted by molar-refractivity contribution is 5.22. The third kappa shape index (κ3) is 9.04. The SMILES string of the molecule is CCCCCCCCCCCCc1ccc(C[n+]2ccccc2CCC)cc1. The van der Waals surface area contributed by atoms with E-state index in [2.05, 4.69) is 67.1 Å². The van der Waals surface area contributed by atoms with Gasteiger partial charge in [-0.2, -0.15) is 4.57 Å². The van der Waals surface area contributed by atoms with Crippen molar-refractivity contribution in [2.75, 3.05) is 0 Å². The van der Waals surface area contributed by atoms with Gasteiger partial charge in [-0.1, -0.05) is 102 Å². The van der Waals surface area contributed by atoms with Crippen LogP contribution >= 0.6 is 0 Å². The molecule has 0 radical (unpaired) electrons. The van der Waals surface area contributed by atoms with Crippen LogP contribution in [0.2, 0.25) is 0 Å². The van der Waals surface area contributed by atoms with E-state index in [0.29, 0.717) is 0 Å². The first-order valence-electron chi connectivity index (χ1n) is 11.9. The van der Waals surface area contributed by atoms with Crippen LogP contribution in [0, 0.1) is 0 Å². The molecule has 0 unspecified atom stereocenters. The summed E-state index contributed by atoms with van der Waals surface area (Å²) in [4.78, 5) is 0. The van der Waals surface area contributed by atoms with E-state index >= 15 is 0 Å². The third-order valence-electron chi connectivity index (χ3n) is 5.74. The van der Waals surface area contributed by atoms with E-state index in [1.165, 1.54) is 93.9 Å². The molecule has 0 aliphatic rings.